The number of hydrogen-bond acceptors (Lipinski definition) is 4. The highest BCUT2D eigenvalue weighted by Crippen LogP contribution is 2.24. The number of rotatable bonds is 3. The third-order valence-electron chi connectivity index (χ3n) is 3.63. The van der Waals surface area contributed by atoms with E-state index in [4.69, 9.17) is 9.78 Å². The highest BCUT2D eigenvalue weighted by Gasteiger charge is 2.15. The Morgan fingerprint density at radius 1 is 1.30 bits per heavy atom. The predicted molar refractivity (Wildman–Crippen MR) is 87.0 cm³/mol. The molecule has 5 heteroatoms. The van der Waals surface area contributed by atoms with E-state index in [1.807, 2.05) is 26.0 Å². The molecule has 0 saturated carbocycles. The molecule has 1 amide bonds. The van der Waals surface area contributed by atoms with Crippen LogP contribution in [0.3, 0.4) is 0 Å². The van der Waals surface area contributed by atoms with Gasteiger partial charge in [0.2, 0.25) is 5.91 Å². The summed E-state index contributed by atoms with van der Waals surface area (Å²) in [6.07, 6.45) is 0.0929. The number of nitriles is 1. The maximum atomic E-state index is 12.3. The average Bonchev–Trinajstić information content (AvgIpc) is 2.91. The molecule has 0 aliphatic heterocycles. The molecule has 0 aliphatic rings. The summed E-state index contributed by atoms with van der Waals surface area (Å²) in [6, 6.07) is 12.9. The molecule has 0 spiro atoms. The zero-order valence-electron chi connectivity index (χ0n) is 12.9. The van der Waals surface area contributed by atoms with E-state index in [1.54, 1.807) is 24.3 Å². The number of amides is 1. The summed E-state index contributed by atoms with van der Waals surface area (Å²) >= 11 is 0. The van der Waals surface area contributed by atoms with Crippen molar-refractivity contribution < 1.29 is 9.32 Å². The van der Waals surface area contributed by atoms with Crippen LogP contribution in [0, 0.1) is 25.2 Å². The summed E-state index contributed by atoms with van der Waals surface area (Å²) < 4.78 is 5.35. The molecule has 0 fully saturated rings. The molecule has 0 radical (unpaired) electrons. The number of hydrogen-bond donors (Lipinski definition) is 1. The van der Waals surface area contributed by atoms with Gasteiger partial charge in [0.05, 0.1) is 17.7 Å². The van der Waals surface area contributed by atoms with E-state index in [2.05, 4.69) is 16.5 Å². The lowest BCUT2D eigenvalue weighted by atomic mass is 10.1. The second-order valence-corrected chi connectivity index (χ2v) is 5.47. The first kappa shape index (κ1) is 14.8. The van der Waals surface area contributed by atoms with Crippen molar-refractivity contribution in [2.24, 2.45) is 0 Å². The maximum absolute atomic E-state index is 12.3. The van der Waals surface area contributed by atoms with Crippen molar-refractivity contribution in [1.29, 1.82) is 5.26 Å². The molecule has 23 heavy (non-hydrogen) atoms. The zero-order valence-corrected chi connectivity index (χ0v) is 12.9. The van der Waals surface area contributed by atoms with Gasteiger partial charge in [-0.25, -0.2) is 0 Å². The molecule has 1 heterocycles. The van der Waals surface area contributed by atoms with Crippen LogP contribution in [0.15, 0.2) is 40.9 Å². The predicted octanol–water partition coefficient (Wildman–Crippen LogP) is 3.50. The minimum absolute atomic E-state index is 0.0929. The van der Waals surface area contributed by atoms with Crippen molar-refractivity contribution in [3.05, 3.63) is 58.8 Å². The number of carbonyl (C=O) groups excluding carboxylic acids is 1. The fourth-order valence-corrected chi connectivity index (χ4v) is 2.60. The van der Waals surface area contributed by atoms with Gasteiger partial charge in [0.15, 0.2) is 5.58 Å². The Balaban J connectivity index is 1.85. The number of nitrogens with one attached hydrogen (secondary N) is 1. The standard InChI is InChI=1S/C18H15N3O2/c1-11-7-12(2)18-14(8-11)16(21-23-18)9-17(22)20-15-6-4-3-5-13(15)10-19/h3-8H,9H2,1-2H3,(H,20,22). The van der Waals surface area contributed by atoms with Gasteiger partial charge < -0.3 is 9.84 Å². The normalized spacial score (nSPS) is 10.5. The highest BCUT2D eigenvalue weighted by atomic mass is 16.5. The molecule has 5 nitrogen and oxygen atoms in total. The summed E-state index contributed by atoms with van der Waals surface area (Å²) in [6.45, 7) is 3.94. The molecule has 3 aromatic rings. The number of aryl methyl sites for hydroxylation is 2. The van der Waals surface area contributed by atoms with Crippen molar-refractivity contribution in [2.45, 2.75) is 20.3 Å². The number of anilines is 1. The van der Waals surface area contributed by atoms with E-state index in [0.29, 0.717) is 22.5 Å². The first-order valence-electron chi connectivity index (χ1n) is 7.23. The van der Waals surface area contributed by atoms with Crippen LogP contribution in [0.2, 0.25) is 0 Å². The van der Waals surface area contributed by atoms with Crippen molar-refractivity contribution in [2.75, 3.05) is 5.32 Å². The van der Waals surface area contributed by atoms with E-state index in [0.717, 1.165) is 16.5 Å². The smallest absolute Gasteiger partial charge is 0.230 e. The third-order valence-corrected chi connectivity index (χ3v) is 3.63. The minimum atomic E-state index is -0.234. The summed E-state index contributed by atoms with van der Waals surface area (Å²) in [7, 11) is 0. The van der Waals surface area contributed by atoms with E-state index < -0.39 is 0 Å². The second-order valence-electron chi connectivity index (χ2n) is 5.47. The number of aromatic nitrogens is 1. The van der Waals surface area contributed by atoms with Crippen LogP contribution in [-0.2, 0) is 11.2 Å². The Bertz CT molecular complexity index is 935. The van der Waals surface area contributed by atoms with Crippen LogP contribution in [0.1, 0.15) is 22.4 Å². The first-order valence-corrected chi connectivity index (χ1v) is 7.23. The molecule has 1 aromatic heterocycles. The lowest BCUT2D eigenvalue weighted by Gasteiger charge is -2.05. The van der Waals surface area contributed by atoms with E-state index >= 15 is 0 Å². The van der Waals surface area contributed by atoms with Crippen LogP contribution in [-0.4, -0.2) is 11.1 Å². The third kappa shape index (κ3) is 2.92. The second kappa shape index (κ2) is 5.93. The quantitative estimate of drug-likeness (QED) is 0.803. The van der Waals surface area contributed by atoms with Crippen molar-refractivity contribution in [3.63, 3.8) is 0 Å². The van der Waals surface area contributed by atoms with Gasteiger partial charge in [-0.1, -0.05) is 23.4 Å². The molecule has 1 N–H and O–H groups in total. The molecule has 0 unspecified atom stereocenters. The summed E-state index contributed by atoms with van der Waals surface area (Å²) in [5.74, 6) is -0.234. The highest BCUT2D eigenvalue weighted by molar-refractivity contribution is 5.96. The van der Waals surface area contributed by atoms with Crippen LogP contribution in [0.4, 0.5) is 5.69 Å². The van der Waals surface area contributed by atoms with E-state index in [1.165, 1.54) is 0 Å². The molecule has 2 aromatic carbocycles. The van der Waals surface area contributed by atoms with Crippen LogP contribution >= 0.6 is 0 Å². The average molecular weight is 305 g/mol. The minimum Gasteiger partial charge on any atom is -0.356 e. The van der Waals surface area contributed by atoms with Crippen LogP contribution in [0.5, 0.6) is 0 Å². The molecular formula is C18H15N3O2. The van der Waals surface area contributed by atoms with Gasteiger partial charge in [0.25, 0.3) is 0 Å². The van der Waals surface area contributed by atoms with Crippen LogP contribution in [0.25, 0.3) is 11.0 Å². The zero-order chi connectivity index (χ0) is 16.4. The summed E-state index contributed by atoms with van der Waals surface area (Å²) in [5.41, 5.74) is 4.32. The number of para-hydroxylation sites is 1. The molecule has 3 rings (SSSR count). The van der Waals surface area contributed by atoms with Crippen molar-refractivity contribution in [3.8, 4) is 6.07 Å². The van der Waals surface area contributed by atoms with Gasteiger partial charge in [0, 0.05) is 5.39 Å². The summed E-state index contributed by atoms with van der Waals surface area (Å²) in [5, 5.41) is 16.7. The number of nitrogens with zero attached hydrogens (tertiary/aromatic N) is 2. The van der Waals surface area contributed by atoms with E-state index in [-0.39, 0.29) is 12.3 Å². The number of fused-ring (bicyclic) bond motifs is 1. The molecular weight excluding hydrogens is 290 g/mol. The van der Waals surface area contributed by atoms with Crippen molar-refractivity contribution >= 4 is 22.6 Å². The van der Waals surface area contributed by atoms with Gasteiger partial charge in [-0.05, 0) is 43.2 Å². The SMILES string of the molecule is Cc1cc(C)c2onc(CC(=O)Nc3ccccc3C#N)c2c1. The monoisotopic (exact) mass is 305 g/mol. The van der Waals surface area contributed by atoms with Gasteiger partial charge in [-0.15, -0.1) is 0 Å². The molecule has 0 bridgehead atoms. The maximum Gasteiger partial charge on any atom is 0.230 e. The van der Waals surface area contributed by atoms with Gasteiger partial charge in [-0.2, -0.15) is 5.26 Å². The lowest BCUT2D eigenvalue weighted by molar-refractivity contribution is -0.115. The Morgan fingerprint density at radius 2 is 2.09 bits per heavy atom. The first-order chi connectivity index (χ1) is 11.1. The van der Waals surface area contributed by atoms with Gasteiger partial charge in [-0.3, -0.25) is 4.79 Å². The Kier molecular flexibility index (Phi) is 3.82. The fourth-order valence-electron chi connectivity index (χ4n) is 2.60. The van der Waals surface area contributed by atoms with Crippen molar-refractivity contribution in [1.82, 2.24) is 5.16 Å². The molecule has 0 atom stereocenters. The number of benzene rings is 2. The lowest BCUT2D eigenvalue weighted by Crippen LogP contribution is -2.15. The molecule has 0 aliphatic carbocycles. The largest absolute Gasteiger partial charge is 0.356 e. The molecule has 0 saturated heterocycles. The Hall–Kier alpha value is -3.13. The molecule has 114 valence electrons. The fraction of sp³-hybridized carbons (Fsp3) is 0.167. The summed E-state index contributed by atoms with van der Waals surface area (Å²) in [4.78, 5) is 12.3. The topological polar surface area (TPSA) is 78.9 Å². The number of carbonyl (C=O) groups is 1. The Labute approximate surface area is 133 Å². The Morgan fingerprint density at radius 3 is 2.87 bits per heavy atom. The van der Waals surface area contributed by atoms with Gasteiger partial charge >= 0.3 is 0 Å². The van der Waals surface area contributed by atoms with E-state index in [9.17, 15) is 4.79 Å². The van der Waals surface area contributed by atoms with Crippen LogP contribution < -0.4 is 5.32 Å². The van der Waals surface area contributed by atoms with Gasteiger partial charge in [0.1, 0.15) is 11.8 Å².